The second-order valence-corrected chi connectivity index (χ2v) is 10.4. The van der Waals surface area contributed by atoms with Crippen molar-refractivity contribution in [3.8, 4) is 0 Å². The number of hydrogen-bond donors (Lipinski definition) is 1. The molecule has 3 rings (SSSR count). The van der Waals surface area contributed by atoms with Crippen molar-refractivity contribution in [2.24, 2.45) is 11.8 Å². The predicted octanol–water partition coefficient (Wildman–Crippen LogP) is 4.93. The molecule has 2 fully saturated rings. The molecule has 164 valence electrons. The Balaban J connectivity index is 1.55. The van der Waals surface area contributed by atoms with E-state index in [1.54, 1.807) is 0 Å². The Morgan fingerprint density at radius 3 is 2.21 bits per heavy atom. The van der Waals surface area contributed by atoms with Crippen LogP contribution in [0.25, 0.3) is 0 Å². The van der Waals surface area contributed by atoms with Crippen LogP contribution in [0.3, 0.4) is 0 Å². The van der Waals surface area contributed by atoms with E-state index >= 15 is 0 Å². The summed E-state index contributed by atoms with van der Waals surface area (Å²) in [5.74, 6) is 1.26. The van der Waals surface area contributed by atoms with Gasteiger partial charge in [0.1, 0.15) is 4.90 Å². The number of halogens is 4. The van der Waals surface area contributed by atoms with Gasteiger partial charge in [-0.15, -0.1) is 0 Å². The Morgan fingerprint density at radius 1 is 1.03 bits per heavy atom. The maximum absolute atomic E-state index is 13.0. The van der Waals surface area contributed by atoms with E-state index in [4.69, 9.17) is 11.6 Å². The van der Waals surface area contributed by atoms with Crippen LogP contribution < -0.4 is 5.32 Å². The van der Waals surface area contributed by atoms with Crippen LogP contribution in [0.1, 0.15) is 50.5 Å². The van der Waals surface area contributed by atoms with Crippen molar-refractivity contribution in [1.29, 1.82) is 0 Å². The molecular formula is C20H28ClF3N2O2S. The molecular weight excluding hydrogens is 425 g/mol. The topological polar surface area (TPSA) is 49.4 Å². The highest BCUT2D eigenvalue weighted by molar-refractivity contribution is 7.89. The minimum Gasteiger partial charge on any atom is -0.317 e. The lowest BCUT2D eigenvalue weighted by Crippen LogP contribution is -2.38. The van der Waals surface area contributed by atoms with Gasteiger partial charge in [-0.2, -0.15) is 17.5 Å². The number of nitrogens with zero attached hydrogens (tertiary/aromatic N) is 1. The van der Waals surface area contributed by atoms with Gasteiger partial charge >= 0.3 is 6.18 Å². The summed E-state index contributed by atoms with van der Waals surface area (Å²) in [6.07, 6.45) is 2.78. The number of sulfonamides is 1. The quantitative estimate of drug-likeness (QED) is 0.665. The van der Waals surface area contributed by atoms with E-state index in [-0.39, 0.29) is 5.02 Å². The minimum atomic E-state index is -4.61. The zero-order valence-corrected chi connectivity index (χ0v) is 17.9. The van der Waals surface area contributed by atoms with Crippen molar-refractivity contribution >= 4 is 21.6 Å². The first kappa shape index (κ1) is 22.8. The van der Waals surface area contributed by atoms with Crippen LogP contribution >= 0.6 is 11.6 Å². The SMILES string of the molecule is O=S(=O)(c1cc(C(F)(F)F)ccc1Cl)N1CCC(CCCC2CCNCC2)CC1. The average molecular weight is 453 g/mol. The molecule has 1 N–H and O–H groups in total. The molecule has 1 aromatic rings. The largest absolute Gasteiger partial charge is 0.416 e. The van der Waals surface area contributed by atoms with Gasteiger partial charge in [-0.1, -0.05) is 30.9 Å². The maximum atomic E-state index is 13.0. The Kier molecular flexibility index (Phi) is 7.51. The van der Waals surface area contributed by atoms with Crippen LogP contribution in [-0.4, -0.2) is 38.9 Å². The second kappa shape index (κ2) is 9.54. The fraction of sp³-hybridized carbons (Fsp3) is 0.700. The molecule has 0 spiro atoms. The highest BCUT2D eigenvalue weighted by Gasteiger charge is 2.35. The third-order valence-corrected chi connectivity index (χ3v) is 8.51. The fourth-order valence-corrected chi connectivity index (χ4v) is 6.29. The molecule has 0 atom stereocenters. The molecule has 0 saturated carbocycles. The van der Waals surface area contributed by atoms with E-state index in [9.17, 15) is 21.6 Å². The smallest absolute Gasteiger partial charge is 0.317 e. The standard InChI is InChI=1S/C20H28ClF3N2O2S/c21-18-5-4-17(20(22,23)24)14-19(18)29(27,28)26-12-8-16(9-13-26)3-1-2-15-6-10-25-11-7-15/h4-5,14-16,25H,1-3,6-13H2. The molecule has 2 aliphatic rings. The van der Waals surface area contributed by atoms with Gasteiger partial charge in [-0.3, -0.25) is 0 Å². The molecule has 0 unspecified atom stereocenters. The number of alkyl halides is 3. The van der Waals surface area contributed by atoms with Crippen molar-refractivity contribution < 1.29 is 21.6 Å². The van der Waals surface area contributed by atoms with E-state index in [2.05, 4.69) is 5.32 Å². The summed E-state index contributed by atoms with van der Waals surface area (Å²) >= 11 is 5.94. The predicted molar refractivity (Wildman–Crippen MR) is 107 cm³/mol. The maximum Gasteiger partial charge on any atom is 0.416 e. The van der Waals surface area contributed by atoms with E-state index in [0.717, 1.165) is 56.8 Å². The number of hydrogen-bond acceptors (Lipinski definition) is 3. The van der Waals surface area contributed by atoms with Crippen molar-refractivity contribution in [3.63, 3.8) is 0 Å². The van der Waals surface area contributed by atoms with Gasteiger partial charge in [0.05, 0.1) is 10.6 Å². The van der Waals surface area contributed by atoms with Crippen LogP contribution in [0, 0.1) is 11.8 Å². The second-order valence-electron chi connectivity index (χ2n) is 8.11. The first-order valence-electron chi connectivity index (χ1n) is 10.3. The molecule has 2 heterocycles. The summed E-state index contributed by atoms with van der Waals surface area (Å²) in [5, 5.41) is 3.19. The molecule has 4 nitrogen and oxygen atoms in total. The van der Waals surface area contributed by atoms with Gasteiger partial charge in [-0.25, -0.2) is 8.42 Å². The number of rotatable bonds is 6. The lowest BCUT2D eigenvalue weighted by Gasteiger charge is -2.32. The normalized spacial score (nSPS) is 20.8. The molecule has 0 amide bonds. The Hall–Kier alpha value is -0.830. The van der Waals surface area contributed by atoms with Gasteiger partial charge < -0.3 is 5.32 Å². The number of benzene rings is 1. The summed E-state index contributed by atoms with van der Waals surface area (Å²) in [6, 6.07) is 2.45. The molecule has 1 aromatic carbocycles. The molecule has 0 radical (unpaired) electrons. The Labute approximate surface area is 175 Å². The van der Waals surface area contributed by atoms with Crippen LogP contribution in [0.2, 0.25) is 5.02 Å². The van der Waals surface area contributed by atoms with Crippen LogP contribution in [0.5, 0.6) is 0 Å². The van der Waals surface area contributed by atoms with Crippen molar-refractivity contribution in [3.05, 3.63) is 28.8 Å². The van der Waals surface area contributed by atoms with Crippen molar-refractivity contribution in [2.45, 2.75) is 56.0 Å². The molecule has 0 bridgehead atoms. The summed E-state index contributed by atoms with van der Waals surface area (Å²) < 4.78 is 66.0. The van der Waals surface area contributed by atoms with Gasteiger partial charge in [0.2, 0.25) is 10.0 Å². The highest BCUT2D eigenvalue weighted by Crippen LogP contribution is 2.35. The molecule has 2 aliphatic heterocycles. The molecule has 0 aromatic heterocycles. The first-order chi connectivity index (χ1) is 13.7. The van der Waals surface area contributed by atoms with Crippen LogP contribution in [-0.2, 0) is 16.2 Å². The van der Waals surface area contributed by atoms with Gasteiger partial charge in [0.15, 0.2) is 0 Å². The lowest BCUT2D eigenvalue weighted by molar-refractivity contribution is -0.137. The van der Waals surface area contributed by atoms with E-state index in [0.29, 0.717) is 25.1 Å². The third kappa shape index (κ3) is 5.87. The number of nitrogens with one attached hydrogen (secondary N) is 1. The monoisotopic (exact) mass is 452 g/mol. The molecule has 2 saturated heterocycles. The van der Waals surface area contributed by atoms with E-state index < -0.39 is 26.7 Å². The third-order valence-electron chi connectivity index (χ3n) is 6.13. The van der Waals surface area contributed by atoms with Crippen molar-refractivity contribution in [2.75, 3.05) is 26.2 Å². The zero-order chi connectivity index (χ0) is 21.1. The fourth-order valence-electron chi connectivity index (χ4n) is 4.32. The molecule has 9 heteroatoms. The van der Waals surface area contributed by atoms with E-state index in [1.807, 2.05) is 0 Å². The number of piperidine rings is 2. The average Bonchev–Trinajstić information content (AvgIpc) is 2.68. The summed E-state index contributed by atoms with van der Waals surface area (Å²) in [4.78, 5) is -0.460. The lowest BCUT2D eigenvalue weighted by atomic mass is 9.87. The van der Waals surface area contributed by atoms with Gasteiger partial charge in [0.25, 0.3) is 0 Å². The van der Waals surface area contributed by atoms with Crippen molar-refractivity contribution in [1.82, 2.24) is 9.62 Å². The molecule has 29 heavy (non-hydrogen) atoms. The summed E-state index contributed by atoms with van der Waals surface area (Å²) in [6.45, 7) is 2.85. The minimum absolute atomic E-state index is 0.179. The van der Waals surface area contributed by atoms with Crippen LogP contribution in [0.15, 0.2) is 23.1 Å². The zero-order valence-electron chi connectivity index (χ0n) is 16.3. The van der Waals surface area contributed by atoms with Crippen LogP contribution in [0.4, 0.5) is 13.2 Å². The Morgan fingerprint density at radius 2 is 1.62 bits per heavy atom. The van der Waals surface area contributed by atoms with Gasteiger partial charge in [0, 0.05) is 13.1 Å². The van der Waals surface area contributed by atoms with Gasteiger partial charge in [-0.05, 0) is 68.8 Å². The summed E-state index contributed by atoms with van der Waals surface area (Å²) in [7, 11) is -4.04. The first-order valence-corrected chi connectivity index (χ1v) is 12.1. The van der Waals surface area contributed by atoms with E-state index in [1.165, 1.54) is 23.6 Å². The Bertz CT molecular complexity index is 787. The summed E-state index contributed by atoms with van der Waals surface area (Å²) in [5.41, 5.74) is -1.01. The highest BCUT2D eigenvalue weighted by atomic mass is 35.5. The molecule has 0 aliphatic carbocycles.